The summed E-state index contributed by atoms with van der Waals surface area (Å²) in [6, 6.07) is 14.7. The van der Waals surface area contributed by atoms with Crippen LogP contribution in [0, 0.1) is 0 Å². The maximum Gasteiger partial charge on any atom is 0.266 e. The number of carbonyl (C=O) groups excluding carboxylic acids is 1. The first kappa shape index (κ1) is 19.2. The van der Waals surface area contributed by atoms with Crippen LogP contribution in [0.2, 0.25) is 10.0 Å². The molecule has 0 aliphatic carbocycles. The van der Waals surface area contributed by atoms with E-state index in [1.165, 1.54) is 0 Å². The summed E-state index contributed by atoms with van der Waals surface area (Å²) in [5.74, 6) is -0.174. The molecule has 4 rings (SSSR count). The Morgan fingerprint density at radius 2 is 1.71 bits per heavy atom. The Labute approximate surface area is 173 Å². The Morgan fingerprint density at radius 1 is 1.00 bits per heavy atom. The van der Waals surface area contributed by atoms with Crippen LogP contribution in [0.5, 0.6) is 0 Å². The number of hydrogen-bond donors (Lipinski definition) is 1. The van der Waals surface area contributed by atoms with Gasteiger partial charge in [0.2, 0.25) is 0 Å². The maximum atomic E-state index is 13.1. The Bertz CT molecular complexity index is 1030. The Morgan fingerprint density at radius 3 is 2.46 bits per heavy atom. The molecule has 1 aliphatic rings. The monoisotopic (exact) mass is 414 g/mol. The first-order valence-corrected chi connectivity index (χ1v) is 9.87. The molecule has 0 atom stereocenters. The number of carbonyl (C=O) groups is 1. The molecule has 3 aromatic rings. The van der Waals surface area contributed by atoms with Gasteiger partial charge in [-0.05, 0) is 25.2 Å². The van der Waals surface area contributed by atoms with E-state index in [2.05, 4.69) is 22.4 Å². The zero-order chi connectivity index (χ0) is 19.7. The number of aromatic nitrogens is 1. The smallest absolute Gasteiger partial charge is 0.266 e. The van der Waals surface area contributed by atoms with E-state index in [1.54, 1.807) is 18.2 Å². The van der Waals surface area contributed by atoms with E-state index >= 15 is 0 Å². The second kappa shape index (κ2) is 8.05. The molecule has 7 heteroatoms. The first-order valence-electron chi connectivity index (χ1n) is 9.11. The Kier molecular flexibility index (Phi) is 5.51. The van der Waals surface area contributed by atoms with Crippen molar-refractivity contribution in [2.45, 2.75) is 0 Å². The highest BCUT2D eigenvalue weighted by Gasteiger charge is 2.20. The molecule has 1 saturated heterocycles. The molecule has 2 heterocycles. The Hall–Kier alpha value is -2.18. The van der Waals surface area contributed by atoms with Crippen molar-refractivity contribution in [1.82, 2.24) is 20.3 Å². The van der Waals surface area contributed by atoms with Gasteiger partial charge in [-0.25, -0.2) is 9.99 Å². The van der Waals surface area contributed by atoms with E-state index < -0.39 is 0 Å². The number of amides is 1. The third-order valence-electron chi connectivity index (χ3n) is 4.95. The molecule has 1 N–H and O–H groups in total. The fourth-order valence-corrected chi connectivity index (χ4v) is 3.78. The van der Waals surface area contributed by atoms with Crippen LogP contribution in [0.3, 0.4) is 0 Å². The van der Waals surface area contributed by atoms with Crippen LogP contribution in [-0.2, 0) is 0 Å². The van der Waals surface area contributed by atoms with Crippen molar-refractivity contribution in [3.63, 3.8) is 0 Å². The molecule has 1 aromatic heterocycles. The summed E-state index contributed by atoms with van der Waals surface area (Å²) < 4.78 is 0. The van der Waals surface area contributed by atoms with Crippen molar-refractivity contribution in [2.24, 2.45) is 0 Å². The number of nitrogens with zero attached hydrogens (tertiary/aromatic N) is 3. The number of nitrogens with one attached hydrogen (secondary N) is 1. The number of likely N-dealkylation sites (N-methyl/N-ethyl adjacent to an activating group) is 1. The summed E-state index contributed by atoms with van der Waals surface area (Å²) in [5.41, 5.74) is 5.53. The van der Waals surface area contributed by atoms with Crippen molar-refractivity contribution in [2.75, 3.05) is 33.2 Å². The summed E-state index contributed by atoms with van der Waals surface area (Å²) in [6.45, 7) is 3.38. The van der Waals surface area contributed by atoms with Crippen molar-refractivity contribution in [3.05, 3.63) is 64.1 Å². The molecule has 1 amide bonds. The lowest BCUT2D eigenvalue weighted by molar-refractivity contribution is 0.0664. The lowest BCUT2D eigenvalue weighted by Crippen LogP contribution is -2.52. The van der Waals surface area contributed by atoms with Gasteiger partial charge >= 0.3 is 0 Å². The van der Waals surface area contributed by atoms with E-state index in [4.69, 9.17) is 23.2 Å². The molecule has 2 aromatic carbocycles. The largest absolute Gasteiger partial charge is 0.304 e. The van der Waals surface area contributed by atoms with Crippen molar-refractivity contribution < 1.29 is 4.79 Å². The standard InChI is InChI=1S/C21H20Cl2N4O/c1-26-9-11-27(12-10-26)25-21(28)16-13-19(15-5-2-3-7-17(15)22)24-20-14(16)6-4-8-18(20)23/h2-8,13H,9-12H2,1H3,(H,25,28). The minimum atomic E-state index is -0.174. The van der Waals surface area contributed by atoms with Gasteiger partial charge in [0.25, 0.3) is 5.91 Å². The second-order valence-corrected chi connectivity index (χ2v) is 7.72. The average molecular weight is 415 g/mol. The highest BCUT2D eigenvalue weighted by Crippen LogP contribution is 2.32. The molecule has 1 aliphatic heterocycles. The van der Waals surface area contributed by atoms with E-state index in [9.17, 15) is 4.79 Å². The van der Waals surface area contributed by atoms with Crippen LogP contribution in [0.15, 0.2) is 48.5 Å². The van der Waals surface area contributed by atoms with Gasteiger partial charge in [-0.1, -0.05) is 53.5 Å². The fourth-order valence-electron chi connectivity index (χ4n) is 3.33. The SMILES string of the molecule is CN1CCN(NC(=O)c2cc(-c3ccccc3Cl)nc3c(Cl)cccc23)CC1. The van der Waals surface area contributed by atoms with Crippen molar-refractivity contribution in [3.8, 4) is 11.3 Å². The van der Waals surface area contributed by atoms with Crippen LogP contribution in [0.1, 0.15) is 10.4 Å². The quantitative estimate of drug-likeness (QED) is 0.700. The lowest BCUT2D eigenvalue weighted by atomic mass is 10.0. The minimum absolute atomic E-state index is 0.174. The van der Waals surface area contributed by atoms with Crippen LogP contribution in [-0.4, -0.2) is 54.0 Å². The van der Waals surface area contributed by atoms with Crippen LogP contribution in [0.4, 0.5) is 0 Å². The predicted octanol–water partition coefficient (Wildman–Crippen LogP) is 4.10. The van der Waals surface area contributed by atoms with Gasteiger partial charge in [-0.3, -0.25) is 10.2 Å². The molecule has 0 saturated carbocycles. The molecule has 144 valence electrons. The van der Waals surface area contributed by atoms with Gasteiger partial charge in [0.15, 0.2) is 0 Å². The summed E-state index contributed by atoms with van der Waals surface area (Å²) in [6.07, 6.45) is 0. The zero-order valence-electron chi connectivity index (χ0n) is 15.5. The van der Waals surface area contributed by atoms with Gasteiger partial charge in [0, 0.05) is 42.2 Å². The fraction of sp³-hybridized carbons (Fsp3) is 0.238. The molecule has 0 spiro atoms. The second-order valence-electron chi connectivity index (χ2n) is 6.90. The average Bonchev–Trinajstić information content (AvgIpc) is 2.70. The lowest BCUT2D eigenvalue weighted by Gasteiger charge is -2.32. The Balaban J connectivity index is 1.77. The van der Waals surface area contributed by atoms with Gasteiger partial charge in [-0.2, -0.15) is 0 Å². The molecule has 1 fully saturated rings. The highest BCUT2D eigenvalue weighted by molar-refractivity contribution is 6.36. The van der Waals surface area contributed by atoms with Gasteiger partial charge in [0.1, 0.15) is 0 Å². The summed E-state index contributed by atoms with van der Waals surface area (Å²) >= 11 is 12.8. The van der Waals surface area contributed by atoms with E-state index in [1.807, 2.05) is 35.3 Å². The molecular weight excluding hydrogens is 395 g/mol. The number of hydrogen-bond acceptors (Lipinski definition) is 4. The van der Waals surface area contributed by atoms with E-state index in [-0.39, 0.29) is 5.91 Å². The number of piperazine rings is 1. The number of benzene rings is 2. The number of para-hydroxylation sites is 1. The van der Waals surface area contributed by atoms with Crippen molar-refractivity contribution >= 4 is 40.0 Å². The highest BCUT2D eigenvalue weighted by atomic mass is 35.5. The predicted molar refractivity (Wildman–Crippen MR) is 114 cm³/mol. The third kappa shape index (κ3) is 3.84. The number of halogens is 2. The molecular formula is C21H20Cl2N4O. The molecule has 0 radical (unpaired) electrons. The summed E-state index contributed by atoms with van der Waals surface area (Å²) in [7, 11) is 2.08. The molecule has 0 unspecified atom stereocenters. The summed E-state index contributed by atoms with van der Waals surface area (Å²) in [4.78, 5) is 20.0. The van der Waals surface area contributed by atoms with E-state index in [0.717, 1.165) is 37.1 Å². The van der Waals surface area contributed by atoms with Crippen molar-refractivity contribution in [1.29, 1.82) is 0 Å². The number of pyridine rings is 1. The van der Waals surface area contributed by atoms with Crippen LogP contribution < -0.4 is 5.43 Å². The van der Waals surface area contributed by atoms with Gasteiger partial charge in [0.05, 0.1) is 21.8 Å². The molecule has 5 nitrogen and oxygen atoms in total. The van der Waals surface area contributed by atoms with Crippen LogP contribution >= 0.6 is 23.2 Å². The topological polar surface area (TPSA) is 48.5 Å². The number of fused-ring (bicyclic) bond motifs is 1. The molecule has 28 heavy (non-hydrogen) atoms. The van der Waals surface area contributed by atoms with E-state index in [0.29, 0.717) is 26.8 Å². The number of rotatable bonds is 3. The normalized spacial score (nSPS) is 15.7. The minimum Gasteiger partial charge on any atom is -0.304 e. The van der Waals surface area contributed by atoms with Crippen LogP contribution in [0.25, 0.3) is 22.2 Å². The maximum absolute atomic E-state index is 13.1. The zero-order valence-corrected chi connectivity index (χ0v) is 17.0. The van der Waals surface area contributed by atoms with Gasteiger partial charge < -0.3 is 4.90 Å². The third-order valence-corrected chi connectivity index (χ3v) is 5.58. The van der Waals surface area contributed by atoms with Gasteiger partial charge in [-0.15, -0.1) is 0 Å². The summed E-state index contributed by atoms with van der Waals surface area (Å²) in [5, 5.41) is 3.75. The number of hydrazine groups is 1. The first-order chi connectivity index (χ1) is 13.5. The molecule has 0 bridgehead atoms.